The number of fused-ring (bicyclic) bond motifs is 1. The third-order valence-corrected chi connectivity index (χ3v) is 3.27. The fourth-order valence-electron chi connectivity index (χ4n) is 1.72. The summed E-state index contributed by atoms with van der Waals surface area (Å²) < 4.78 is 0. The molecule has 1 aromatic carbocycles. The largest absolute Gasteiger partial charge is 0.321 e. The minimum Gasteiger partial charge on any atom is -0.321 e. The first-order valence-corrected chi connectivity index (χ1v) is 5.26. The number of anilines is 1. The molecule has 1 heterocycles. The predicted molar refractivity (Wildman–Crippen MR) is 60.2 cm³/mol. The maximum atomic E-state index is 3.15. The van der Waals surface area contributed by atoms with Crippen molar-refractivity contribution < 1.29 is 0 Å². The second kappa shape index (κ2) is 3.28. The molecule has 0 saturated carbocycles. The molecular formula is C12H18N2. The Morgan fingerprint density at radius 3 is 2.86 bits per heavy atom. The van der Waals surface area contributed by atoms with Gasteiger partial charge in [0.05, 0.1) is 5.69 Å². The van der Waals surface area contributed by atoms with Crippen LogP contribution in [0.25, 0.3) is 0 Å². The van der Waals surface area contributed by atoms with Crippen molar-refractivity contribution in [2.45, 2.75) is 39.2 Å². The summed E-state index contributed by atoms with van der Waals surface area (Å²) in [5, 5.41) is 0. The van der Waals surface area contributed by atoms with Gasteiger partial charge in [0.2, 0.25) is 0 Å². The Labute approximate surface area is 85.7 Å². The van der Waals surface area contributed by atoms with Gasteiger partial charge in [-0.05, 0) is 29.0 Å². The molecule has 0 radical (unpaired) electrons. The Kier molecular flexibility index (Phi) is 2.23. The molecule has 2 heteroatoms. The number of benzene rings is 1. The molecule has 0 bridgehead atoms. The number of hydrazine groups is 1. The predicted octanol–water partition coefficient (Wildman–Crippen LogP) is 2.80. The highest BCUT2D eigenvalue weighted by molar-refractivity contribution is 5.55. The zero-order valence-corrected chi connectivity index (χ0v) is 9.15. The van der Waals surface area contributed by atoms with Crippen molar-refractivity contribution in [1.29, 1.82) is 0 Å². The first kappa shape index (κ1) is 9.53. The standard InChI is InChI=1S/C12H18N2/c1-4-12(2,3)10-5-6-11-9(7-10)8-13-14-11/h5-7,13-14H,4,8H2,1-3H3. The fraction of sp³-hybridized carbons (Fsp3) is 0.500. The Balaban J connectivity index is 2.38. The second-order valence-electron chi connectivity index (χ2n) is 4.59. The lowest BCUT2D eigenvalue weighted by atomic mass is 9.81. The summed E-state index contributed by atoms with van der Waals surface area (Å²) in [5.41, 5.74) is 10.6. The summed E-state index contributed by atoms with van der Waals surface area (Å²) in [6.45, 7) is 7.77. The van der Waals surface area contributed by atoms with E-state index in [0.29, 0.717) is 0 Å². The van der Waals surface area contributed by atoms with Crippen molar-refractivity contribution >= 4 is 5.69 Å². The SMILES string of the molecule is CCC(C)(C)c1ccc2c(c1)CNN2. The highest BCUT2D eigenvalue weighted by Gasteiger charge is 2.20. The van der Waals surface area contributed by atoms with Crippen molar-refractivity contribution in [3.8, 4) is 0 Å². The first-order valence-electron chi connectivity index (χ1n) is 5.26. The fourth-order valence-corrected chi connectivity index (χ4v) is 1.72. The van der Waals surface area contributed by atoms with Crippen LogP contribution in [0.1, 0.15) is 38.3 Å². The summed E-state index contributed by atoms with van der Waals surface area (Å²) in [6, 6.07) is 6.70. The van der Waals surface area contributed by atoms with E-state index in [4.69, 9.17) is 0 Å². The number of rotatable bonds is 2. The molecule has 1 aliphatic rings. The van der Waals surface area contributed by atoms with Gasteiger partial charge in [-0.25, -0.2) is 5.43 Å². The van der Waals surface area contributed by atoms with E-state index in [-0.39, 0.29) is 5.41 Å². The summed E-state index contributed by atoms with van der Waals surface area (Å²) in [7, 11) is 0. The van der Waals surface area contributed by atoms with Crippen LogP contribution in [0.5, 0.6) is 0 Å². The van der Waals surface area contributed by atoms with E-state index < -0.39 is 0 Å². The molecule has 2 rings (SSSR count). The lowest BCUT2D eigenvalue weighted by Crippen LogP contribution is -2.15. The van der Waals surface area contributed by atoms with Crippen LogP contribution in [0.4, 0.5) is 5.69 Å². The van der Waals surface area contributed by atoms with Gasteiger partial charge in [-0.3, -0.25) is 0 Å². The molecule has 0 saturated heterocycles. The lowest BCUT2D eigenvalue weighted by molar-refractivity contribution is 0.506. The molecule has 0 unspecified atom stereocenters. The van der Waals surface area contributed by atoms with E-state index >= 15 is 0 Å². The molecular weight excluding hydrogens is 172 g/mol. The monoisotopic (exact) mass is 190 g/mol. The van der Waals surface area contributed by atoms with Crippen LogP contribution < -0.4 is 10.9 Å². The maximum absolute atomic E-state index is 3.15. The molecule has 2 nitrogen and oxygen atoms in total. The molecule has 0 fully saturated rings. The maximum Gasteiger partial charge on any atom is 0.0533 e. The lowest BCUT2D eigenvalue weighted by Gasteiger charge is -2.23. The molecule has 2 N–H and O–H groups in total. The molecule has 0 aliphatic carbocycles. The quantitative estimate of drug-likeness (QED) is 0.749. The molecule has 0 aromatic heterocycles. The normalized spacial score (nSPS) is 15.1. The van der Waals surface area contributed by atoms with E-state index in [0.717, 1.165) is 6.54 Å². The molecule has 0 atom stereocenters. The third-order valence-electron chi connectivity index (χ3n) is 3.27. The van der Waals surface area contributed by atoms with Gasteiger partial charge in [0.15, 0.2) is 0 Å². The van der Waals surface area contributed by atoms with Gasteiger partial charge in [-0.1, -0.05) is 32.9 Å². The Morgan fingerprint density at radius 1 is 1.36 bits per heavy atom. The zero-order valence-electron chi connectivity index (χ0n) is 9.15. The van der Waals surface area contributed by atoms with Gasteiger partial charge in [-0.2, -0.15) is 0 Å². The minimum atomic E-state index is 0.289. The van der Waals surface area contributed by atoms with Gasteiger partial charge < -0.3 is 5.43 Å². The second-order valence-corrected chi connectivity index (χ2v) is 4.59. The number of hydrogen-bond acceptors (Lipinski definition) is 2. The molecule has 0 spiro atoms. The van der Waals surface area contributed by atoms with Gasteiger partial charge in [-0.15, -0.1) is 0 Å². The number of nitrogens with one attached hydrogen (secondary N) is 2. The number of hydrogen-bond donors (Lipinski definition) is 2. The average molecular weight is 190 g/mol. The highest BCUT2D eigenvalue weighted by Crippen LogP contribution is 2.30. The van der Waals surface area contributed by atoms with E-state index in [9.17, 15) is 0 Å². The summed E-state index contributed by atoms with van der Waals surface area (Å²) in [6.07, 6.45) is 1.17. The van der Waals surface area contributed by atoms with Crippen molar-refractivity contribution in [2.75, 3.05) is 5.43 Å². The van der Waals surface area contributed by atoms with Gasteiger partial charge in [0, 0.05) is 6.54 Å². The van der Waals surface area contributed by atoms with Crippen molar-refractivity contribution in [1.82, 2.24) is 5.43 Å². The van der Waals surface area contributed by atoms with Crippen LogP contribution in [-0.4, -0.2) is 0 Å². The Morgan fingerprint density at radius 2 is 2.14 bits per heavy atom. The van der Waals surface area contributed by atoms with Gasteiger partial charge in [0.1, 0.15) is 0 Å². The van der Waals surface area contributed by atoms with E-state index in [1.54, 1.807) is 0 Å². The Hall–Kier alpha value is -1.02. The van der Waals surface area contributed by atoms with Crippen LogP contribution in [0.2, 0.25) is 0 Å². The molecule has 0 amide bonds. The van der Waals surface area contributed by atoms with Crippen molar-refractivity contribution in [3.63, 3.8) is 0 Å². The topological polar surface area (TPSA) is 24.1 Å². The van der Waals surface area contributed by atoms with Crippen LogP contribution in [0, 0.1) is 0 Å². The highest BCUT2D eigenvalue weighted by atomic mass is 15.4. The van der Waals surface area contributed by atoms with Crippen LogP contribution in [0.15, 0.2) is 18.2 Å². The summed E-state index contributed by atoms with van der Waals surface area (Å²) in [4.78, 5) is 0. The van der Waals surface area contributed by atoms with Crippen molar-refractivity contribution in [3.05, 3.63) is 29.3 Å². The van der Waals surface area contributed by atoms with E-state index in [1.165, 1.54) is 23.2 Å². The molecule has 1 aliphatic heterocycles. The first-order chi connectivity index (χ1) is 6.63. The summed E-state index contributed by atoms with van der Waals surface area (Å²) >= 11 is 0. The zero-order chi connectivity index (χ0) is 10.2. The van der Waals surface area contributed by atoms with Crippen LogP contribution >= 0.6 is 0 Å². The Bertz CT molecular complexity index is 342. The summed E-state index contributed by atoms with van der Waals surface area (Å²) in [5.74, 6) is 0. The molecule has 14 heavy (non-hydrogen) atoms. The minimum absolute atomic E-state index is 0.289. The van der Waals surface area contributed by atoms with E-state index in [2.05, 4.69) is 49.8 Å². The van der Waals surface area contributed by atoms with Gasteiger partial charge >= 0.3 is 0 Å². The van der Waals surface area contributed by atoms with Crippen LogP contribution in [0.3, 0.4) is 0 Å². The third kappa shape index (κ3) is 1.50. The van der Waals surface area contributed by atoms with Gasteiger partial charge in [0.25, 0.3) is 0 Å². The molecule has 1 aromatic rings. The van der Waals surface area contributed by atoms with Crippen LogP contribution in [-0.2, 0) is 12.0 Å². The average Bonchev–Trinajstić information content (AvgIpc) is 2.64. The molecule has 76 valence electrons. The van der Waals surface area contributed by atoms with Crippen molar-refractivity contribution in [2.24, 2.45) is 0 Å². The van der Waals surface area contributed by atoms with E-state index in [1.807, 2.05) is 0 Å². The smallest absolute Gasteiger partial charge is 0.0533 e.